The van der Waals surface area contributed by atoms with Gasteiger partial charge in [0.15, 0.2) is 0 Å². The van der Waals surface area contributed by atoms with Gasteiger partial charge in [-0.05, 0) is 22.4 Å². The molecule has 0 aromatic heterocycles. The molecule has 0 unspecified atom stereocenters. The molecule has 3 heteroatoms. The molecule has 110 valence electrons. The molecule has 0 radical (unpaired) electrons. The van der Waals surface area contributed by atoms with Crippen molar-refractivity contribution in [2.45, 2.75) is 32.9 Å². The minimum Gasteiger partial charge on any atom is -0.290 e. The molecule has 0 atom stereocenters. The van der Waals surface area contributed by atoms with Crippen LogP contribution in [0.4, 0.5) is 0 Å². The Morgan fingerprint density at radius 2 is 1.67 bits per heavy atom. The quantitative estimate of drug-likeness (QED) is 0.295. The first-order valence-electron chi connectivity index (χ1n) is 6.88. The third-order valence-electron chi connectivity index (χ3n) is 2.97. The van der Waals surface area contributed by atoms with E-state index < -0.39 is 0 Å². The number of hydrogen-bond donors (Lipinski definition) is 1. The standard InChI is InChI=1S/C18H23N2O/c1-6-12-19(13-7-2)14-16-8-10-17(11-9-16)15-20(21)18(3,4)5/h1-2,8-11,15,21H,12-14H2,3-5H3/q+1/b20-15-. The summed E-state index contributed by atoms with van der Waals surface area (Å²) in [5.41, 5.74) is 1.75. The van der Waals surface area contributed by atoms with Gasteiger partial charge in [-0.1, -0.05) is 24.0 Å². The Morgan fingerprint density at radius 1 is 1.14 bits per heavy atom. The van der Waals surface area contributed by atoms with Crippen molar-refractivity contribution in [1.29, 1.82) is 0 Å². The van der Waals surface area contributed by atoms with Crippen molar-refractivity contribution in [2.75, 3.05) is 13.1 Å². The van der Waals surface area contributed by atoms with Crippen LogP contribution in [0.2, 0.25) is 0 Å². The number of terminal acetylenes is 2. The van der Waals surface area contributed by atoms with Gasteiger partial charge in [0, 0.05) is 32.9 Å². The second-order valence-electron chi connectivity index (χ2n) is 5.94. The summed E-state index contributed by atoms with van der Waals surface area (Å²) in [4.78, 5) is 2.02. The third kappa shape index (κ3) is 5.73. The maximum Gasteiger partial charge on any atom is 0.223 e. The van der Waals surface area contributed by atoms with Crippen LogP contribution in [-0.2, 0) is 6.54 Å². The Hall–Kier alpha value is -2.23. The van der Waals surface area contributed by atoms with E-state index in [0.29, 0.717) is 13.1 Å². The van der Waals surface area contributed by atoms with Gasteiger partial charge in [-0.2, -0.15) is 0 Å². The van der Waals surface area contributed by atoms with E-state index in [4.69, 9.17) is 12.8 Å². The fraction of sp³-hybridized carbons (Fsp3) is 0.389. The molecule has 0 bridgehead atoms. The van der Waals surface area contributed by atoms with Gasteiger partial charge in [-0.3, -0.25) is 10.1 Å². The van der Waals surface area contributed by atoms with Crippen LogP contribution in [-0.4, -0.2) is 39.7 Å². The molecule has 1 N–H and O–H groups in total. The lowest BCUT2D eigenvalue weighted by atomic mass is 10.1. The van der Waals surface area contributed by atoms with Crippen LogP contribution in [0.3, 0.4) is 0 Å². The molecule has 0 heterocycles. The molecule has 0 aliphatic rings. The van der Waals surface area contributed by atoms with E-state index in [-0.39, 0.29) is 5.54 Å². The Morgan fingerprint density at radius 3 is 2.10 bits per heavy atom. The van der Waals surface area contributed by atoms with E-state index in [2.05, 4.69) is 11.8 Å². The lowest BCUT2D eigenvalue weighted by Gasteiger charge is -2.16. The summed E-state index contributed by atoms with van der Waals surface area (Å²) < 4.78 is 1.21. The Bertz CT molecular complexity index is 549. The van der Waals surface area contributed by atoms with E-state index >= 15 is 0 Å². The zero-order valence-corrected chi connectivity index (χ0v) is 13.0. The van der Waals surface area contributed by atoms with Gasteiger partial charge >= 0.3 is 0 Å². The first-order valence-corrected chi connectivity index (χ1v) is 6.88. The molecule has 0 fully saturated rings. The van der Waals surface area contributed by atoms with E-state index in [1.807, 2.05) is 49.9 Å². The average molecular weight is 283 g/mol. The first kappa shape index (κ1) is 16.8. The number of rotatable bonds is 5. The fourth-order valence-electron chi connectivity index (χ4n) is 1.73. The summed E-state index contributed by atoms with van der Waals surface area (Å²) >= 11 is 0. The largest absolute Gasteiger partial charge is 0.290 e. The molecule has 1 aromatic rings. The van der Waals surface area contributed by atoms with Crippen molar-refractivity contribution in [3.05, 3.63) is 35.4 Å². The number of hydroxylamine groups is 1. The molecule has 0 aliphatic heterocycles. The predicted octanol–water partition coefficient (Wildman–Crippen LogP) is 2.37. The molecule has 0 saturated carbocycles. The second kappa shape index (κ2) is 7.53. The van der Waals surface area contributed by atoms with E-state index in [1.54, 1.807) is 6.21 Å². The molecule has 0 spiro atoms. The molecule has 1 rings (SSSR count). The lowest BCUT2D eigenvalue weighted by Crippen LogP contribution is -2.31. The zero-order valence-electron chi connectivity index (χ0n) is 13.0. The van der Waals surface area contributed by atoms with Crippen LogP contribution in [0.15, 0.2) is 24.3 Å². The van der Waals surface area contributed by atoms with Crippen LogP contribution in [0, 0.1) is 24.7 Å². The van der Waals surface area contributed by atoms with Crippen LogP contribution in [0.5, 0.6) is 0 Å². The fourth-order valence-corrected chi connectivity index (χ4v) is 1.73. The average Bonchev–Trinajstić information content (AvgIpc) is 2.40. The van der Waals surface area contributed by atoms with E-state index in [9.17, 15) is 5.21 Å². The normalized spacial score (nSPS) is 12.0. The molecule has 0 aliphatic carbocycles. The topological polar surface area (TPSA) is 26.5 Å². The highest BCUT2D eigenvalue weighted by Gasteiger charge is 2.23. The third-order valence-corrected chi connectivity index (χ3v) is 2.97. The van der Waals surface area contributed by atoms with Crippen molar-refractivity contribution in [2.24, 2.45) is 0 Å². The SMILES string of the molecule is C#CCN(CC#C)Cc1ccc(/C=[N+](\O)C(C)(C)C)cc1. The van der Waals surface area contributed by atoms with Gasteiger partial charge in [0.25, 0.3) is 0 Å². The van der Waals surface area contributed by atoms with Crippen molar-refractivity contribution in [1.82, 2.24) is 4.90 Å². The highest BCUT2D eigenvalue weighted by atomic mass is 16.5. The molecular formula is C18H23N2O+. The van der Waals surface area contributed by atoms with Gasteiger partial charge in [-0.25, -0.2) is 0 Å². The van der Waals surface area contributed by atoms with Crippen molar-refractivity contribution < 1.29 is 9.95 Å². The van der Waals surface area contributed by atoms with Crippen molar-refractivity contribution in [3.63, 3.8) is 0 Å². The van der Waals surface area contributed by atoms with Crippen LogP contribution < -0.4 is 0 Å². The molecule has 0 saturated heterocycles. The molecule has 0 amide bonds. The Balaban J connectivity index is 2.79. The molecule has 1 aromatic carbocycles. The van der Waals surface area contributed by atoms with Crippen LogP contribution >= 0.6 is 0 Å². The summed E-state index contributed by atoms with van der Waals surface area (Å²) in [6.45, 7) is 7.61. The van der Waals surface area contributed by atoms with Crippen molar-refractivity contribution in [3.8, 4) is 24.7 Å². The van der Waals surface area contributed by atoms with Crippen LogP contribution in [0.1, 0.15) is 31.9 Å². The monoisotopic (exact) mass is 283 g/mol. The van der Waals surface area contributed by atoms with Crippen molar-refractivity contribution >= 4 is 6.21 Å². The van der Waals surface area contributed by atoms with Gasteiger partial charge < -0.3 is 0 Å². The maximum atomic E-state index is 9.92. The molecular weight excluding hydrogens is 260 g/mol. The first-order chi connectivity index (χ1) is 9.86. The minimum atomic E-state index is -0.324. The number of nitrogens with zero attached hydrogens (tertiary/aromatic N) is 2. The van der Waals surface area contributed by atoms with Crippen LogP contribution in [0.25, 0.3) is 0 Å². The van der Waals surface area contributed by atoms with E-state index in [1.165, 1.54) is 4.74 Å². The van der Waals surface area contributed by atoms with Gasteiger partial charge in [0.2, 0.25) is 11.8 Å². The second-order valence-corrected chi connectivity index (χ2v) is 5.94. The molecule has 21 heavy (non-hydrogen) atoms. The highest BCUT2D eigenvalue weighted by molar-refractivity contribution is 5.75. The minimum absolute atomic E-state index is 0.324. The highest BCUT2D eigenvalue weighted by Crippen LogP contribution is 2.08. The van der Waals surface area contributed by atoms with Gasteiger partial charge in [0.1, 0.15) is 0 Å². The van der Waals surface area contributed by atoms with Gasteiger partial charge in [-0.15, -0.1) is 12.8 Å². The maximum absolute atomic E-state index is 9.92. The zero-order chi connectivity index (χ0) is 15.9. The summed E-state index contributed by atoms with van der Waals surface area (Å²) in [6, 6.07) is 7.97. The van der Waals surface area contributed by atoms with E-state index in [0.717, 1.165) is 17.7 Å². The molecule has 3 nitrogen and oxygen atoms in total. The smallest absolute Gasteiger partial charge is 0.223 e. The summed E-state index contributed by atoms with van der Waals surface area (Å²) in [5.74, 6) is 5.22. The summed E-state index contributed by atoms with van der Waals surface area (Å²) in [7, 11) is 0. The number of benzene rings is 1. The number of hydrogen-bond acceptors (Lipinski definition) is 2. The summed E-state index contributed by atoms with van der Waals surface area (Å²) in [5, 5.41) is 9.92. The Kier molecular flexibility index (Phi) is 6.03. The predicted molar refractivity (Wildman–Crippen MR) is 86.4 cm³/mol. The Labute approximate surface area is 127 Å². The van der Waals surface area contributed by atoms with Gasteiger partial charge in [0.05, 0.1) is 13.1 Å². The summed E-state index contributed by atoms with van der Waals surface area (Å²) in [6.07, 6.45) is 12.4. The lowest BCUT2D eigenvalue weighted by molar-refractivity contribution is -0.816.